The minimum Gasteiger partial charge on any atom is -0.347 e. The van der Waals surface area contributed by atoms with Crippen molar-refractivity contribution in [2.24, 2.45) is 7.05 Å². The number of rotatable bonds is 5. The molecular weight excluding hydrogens is 334 g/mol. The lowest BCUT2D eigenvalue weighted by molar-refractivity contribution is -0.384. The molecule has 0 radical (unpaired) electrons. The van der Waals surface area contributed by atoms with Gasteiger partial charge in [-0.3, -0.25) is 19.6 Å². The average Bonchev–Trinajstić information content (AvgIpc) is 3.16. The number of hydrogen-bond donors (Lipinski definition) is 0. The molecule has 1 atom stereocenters. The molecule has 0 bridgehead atoms. The molecule has 1 aliphatic rings. The van der Waals surface area contributed by atoms with Gasteiger partial charge in [0.15, 0.2) is 5.78 Å². The maximum atomic E-state index is 12.4. The van der Waals surface area contributed by atoms with E-state index in [1.807, 2.05) is 4.90 Å². The number of pyridine rings is 1. The Kier molecular flexibility index (Phi) is 4.48. The summed E-state index contributed by atoms with van der Waals surface area (Å²) in [6, 6.07) is 1.17. The summed E-state index contributed by atoms with van der Waals surface area (Å²) in [7, 11) is 1.75. The van der Waals surface area contributed by atoms with Gasteiger partial charge in [0, 0.05) is 44.5 Å². The summed E-state index contributed by atoms with van der Waals surface area (Å²) in [4.78, 5) is 29.2. The second-order valence-electron chi connectivity index (χ2n) is 5.77. The van der Waals surface area contributed by atoms with Crippen molar-refractivity contribution >= 4 is 28.9 Å². The summed E-state index contributed by atoms with van der Waals surface area (Å²) in [6.07, 6.45) is 6.50. The van der Waals surface area contributed by atoms with Crippen LogP contribution >= 0.6 is 11.6 Å². The molecule has 0 amide bonds. The first-order chi connectivity index (χ1) is 11.5. The fourth-order valence-electron chi connectivity index (χ4n) is 3.00. The highest BCUT2D eigenvalue weighted by Gasteiger charge is 2.32. The number of carbonyl (C=O) groups excluding carboxylic acids is 1. The number of hydrogen-bond acceptors (Lipinski definition) is 6. The van der Waals surface area contributed by atoms with Gasteiger partial charge in [0.2, 0.25) is 5.82 Å². The van der Waals surface area contributed by atoms with E-state index in [2.05, 4.69) is 10.1 Å². The van der Waals surface area contributed by atoms with Crippen molar-refractivity contribution in [3.63, 3.8) is 0 Å². The van der Waals surface area contributed by atoms with Crippen LogP contribution in [-0.2, 0) is 7.05 Å². The van der Waals surface area contributed by atoms with Gasteiger partial charge in [-0.2, -0.15) is 5.10 Å². The minimum atomic E-state index is -0.494. The van der Waals surface area contributed by atoms with Crippen LogP contribution in [0.15, 0.2) is 24.7 Å². The molecule has 0 unspecified atom stereocenters. The topological polar surface area (TPSA) is 94.2 Å². The number of anilines is 1. The van der Waals surface area contributed by atoms with Gasteiger partial charge in [0.1, 0.15) is 0 Å². The van der Waals surface area contributed by atoms with Gasteiger partial charge in [-0.25, -0.2) is 4.98 Å². The van der Waals surface area contributed by atoms with Crippen LogP contribution in [-0.4, -0.2) is 38.1 Å². The summed E-state index contributed by atoms with van der Waals surface area (Å²) in [5.41, 5.74) is 0.408. The molecule has 0 N–H and O–H groups in total. The summed E-state index contributed by atoms with van der Waals surface area (Å²) >= 11 is 5.82. The van der Waals surface area contributed by atoms with Crippen LogP contribution < -0.4 is 4.90 Å². The fourth-order valence-corrected chi connectivity index (χ4v) is 3.15. The standard InChI is InChI=1S/C15H16ClN5O3/c1-19-9-10(7-18-19)14(22)6-12-3-2-4-20(12)15-13(21(23)24)5-11(16)8-17-15/h5,7-9,12H,2-4,6H2,1H3/t12-/m1/s1. The lowest BCUT2D eigenvalue weighted by atomic mass is 10.0. The highest BCUT2D eigenvalue weighted by atomic mass is 35.5. The number of carbonyl (C=O) groups is 1. The first-order valence-corrected chi connectivity index (χ1v) is 7.92. The Bertz CT molecular complexity index is 791. The molecule has 3 heterocycles. The third-order valence-corrected chi connectivity index (χ3v) is 4.31. The van der Waals surface area contributed by atoms with Crippen LogP contribution in [0.3, 0.4) is 0 Å². The molecule has 0 aliphatic carbocycles. The second kappa shape index (κ2) is 6.56. The van der Waals surface area contributed by atoms with E-state index in [9.17, 15) is 14.9 Å². The van der Waals surface area contributed by atoms with E-state index in [4.69, 9.17) is 11.6 Å². The van der Waals surface area contributed by atoms with Crippen molar-refractivity contribution in [1.29, 1.82) is 0 Å². The Hall–Kier alpha value is -2.48. The number of ketones is 1. The zero-order valence-electron chi connectivity index (χ0n) is 13.1. The normalized spacial score (nSPS) is 17.2. The predicted molar refractivity (Wildman–Crippen MR) is 88.4 cm³/mol. The Morgan fingerprint density at radius 3 is 2.96 bits per heavy atom. The van der Waals surface area contributed by atoms with Crippen molar-refractivity contribution in [3.05, 3.63) is 45.4 Å². The molecule has 9 heteroatoms. The molecule has 1 aliphatic heterocycles. The van der Waals surface area contributed by atoms with E-state index in [1.54, 1.807) is 17.9 Å². The molecule has 2 aromatic rings. The third-order valence-electron chi connectivity index (χ3n) is 4.11. The number of Topliss-reactive ketones (excluding diaryl/α,β-unsaturated/α-hetero) is 1. The smallest absolute Gasteiger partial charge is 0.313 e. The minimum absolute atomic E-state index is 0.0309. The van der Waals surface area contributed by atoms with E-state index >= 15 is 0 Å². The lowest BCUT2D eigenvalue weighted by Gasteiger charge is -2.24. The van der Waals surface area contributed by atoms with Crippen molar-refractivity contribution in [2.45, 2.75) is 25.3 Å². The molecule has 2 aromatic heterocycles. The SMILES string of the molecule is Cn1cc(C(=O)C[C@H]2CCCN2c2ncc(Cl)cc2[N+](=O)[O-])cn1. The predicted octanol–water partition coefficient (Wildman–Crippen LogP) is 2.62. The molecule has 0 spiro atoms. The van der Waals surface area contributed by atoms with Crippen LogP contribution in [0.1, 0.15) is 29.6 Å². The van der Waals surface area contributed by atoms with Crippen LogP contribution in [0.5, 0.6) is 0 Å². The molecule has 126 valence electrons. The Morgan fingerprint density at radius 2 is 2.29 bits per heavy atom. The Morgan fingerprint density at radius 1 is 1.50 bits per heavy atom. The average molecular weight is 350 g/mol. The molecule has 24 heavy (non-hydrogen) atoms. The molecule has 1 saturated heterocycles. The van der Waals surface area contributed by atoms with Gasteiger partial charge in [-0.05, 0) is 12.8 Å². The first-order valence-electron chi connectivity index (χ1n) is 7.54. The van der Waals surface area contributed by atoms with E-state index in [0.29, 0.717) is 12.1 Å². The molecule has 8 nitrogen and oxygen atoms in total. The number of nitrogens with zero attached hydrogens (tertiary/aromatic N) is 5. The summed E-state index contributed by atoms with van der Waals surface area (Å²) in [6.45, 7) is 0.625. The van der Waals surface area contributed by atoms with Crippen LogP contribution in [0, 0.1) is 10.1 Å². The van der Waals surface area contributed by atoms with Crippen molar-refractivity contribution in [1.82, 2.24) is 14.8 Å². The maximum absolute atomic E-state index is 12.4. The van der Waals surface area contributed by atoms with E-state index in [1.165, 1.54) is 18.5 Å². The quantitative estimate of drug-likeness (QED) is 0.468. The number of nitro groups is 1. The van der Waals surface area contributed by atoms with Gasteiger partial charge < -0.3 is 4.90 Å². The van der Waals surface area contributed by atoms with Crippen LogP contribution in [0.2, 0.25) is 5.02 Å². The van der Waals surface area contributed by atoms with Crippen molar-refractivity contribution in [3.8, 4) is 0 Å². The van der Waals surface area contributed by atoms with Crippen LogP contribution in [0.25, 0.3) is 0 Å². The van der Waals surface area contributed by atoms with Gasteiger partial charge in [0.25, 0.3) is 0 Å². The zero-order valence-corrected chi connectivity index (χ0v) is 13.8. The number of aryl methyl sites for hydroxylation is 1. The van der Waals surface area contributed by atoms with E-state index < -0.39 is 4.92 Å². The van der Waals surface area contributed by atoms with Crippen molar-refractivity contribution < 1.29 is 9.72 Å². The van der Waals surface area contributed by atoms with E-state index in [-0.39, 0.29) is 34.8 Å². The Balaban J connectivity index is 1.83. The molecule has 0 saturated carbocycles. The molecule has 3 rings (SSSR count). The highest BCUT2D eigenvalue weighted by molar-refractivity contribution is 6.30. The van der Waals surface area contributed by atoms with Gasteiger partial charge in [-0.1, -0.05) is 11.6 Å². The monoisotopic (exact) mass is 349 g/mol. The number of aromatic nitrogens is 3. The third kappa shape index (κ3) is 3.23. The molecule has 0 aromatic carbocycles. The molecular formula is C15H16ClN5O3. The van der Waals surface area contributed by atoms with Crippen LogP contribution in [0.4, 0.5) is 11.5 Å². The summed E-state index contributed by atoms with van der Waals surface area (Å²) in [5.74, 6) is 0.238. The second-order valence-corrected chi connectivity index (χ2v) is 6.21. The molecule has 1 fully saturated rings. The van der Waals surface area contributed by atoms with Gasteiger partial charge in [-0.15, -0.1) is 0 Å². The summed E-state index contributed by atoms with van der Waals surface area (Å²) < 4.78 is 1.57. The summed E-state index contributed by atoms with van der Waals surface area (Å²) in [5, 5.41) is 15.5. The fraction of sp³-hybridized carbons (Fsp3) is 0.400. The zero-order chi connectivity index (χ0) is 17.3. The maximum Gasteiger partial charge on any atom is 0.313 e. The highest BCUT2D eigenvalue weighted by Crippen LogP contribution is 2.34. The van der Waals surface area contributed by atoms with Crippen molar-refractivity contribution in [2.75, 3.05) is 11.4 Å². The number of halogens is 1. The largest absolute Gasteiger partial charge is 0.347 e. The van der Waals surface area contributed by atoms with E-state index in [0.717, 1.165) is 12.8 Å². The first kappa shape index (κ1) is 16.4. The van der Waals surface area contributed by atoms with Gasteiger partial charge in [0.05, 0.1) is 21.7 Å². The van der Waals surface area contributed by atoms with Gasteiger partial charge >= 0.3 is 5.69 Å². The lowest BCUT2D eigenvalue weighted by Crippen LogP contribution is -2.32. The Labute approximate surface area is 143 Å².